The molecule has 3 aromatic carbocycles. The van der Waals surface area contributed by atoms with Gasteiger partial charge in [0.2, 0.25) is 0 Å². The van der Waals surface area contributed by atoms with E-state index in [1.165, 1.54) is 120 Å². The van der Waals surface area contributed by atoms with Gasteiger partial charge in [-0.25, -0.2) is 0 Å². The molecule has 1 atom stereocenters. The fourth-order valence-corrected chi connectivity index (χ4v) is 8.82. The zero-order valence-electron chi connectivity index (χ0n) is 37.7. The molecule has 0 saturated heterocycles. The van der Waals surface area contributed by atoms with Crippen molar-refractivity contribution in [1.82, 2.24) is 0 Å². The molecular weight excluding hydrogens is 663 g/mol. The smallest absolute Gasteiger partial charge is 0.0423 e. The number of allylic oxidation sites excluding steroid dienone is 6. The van der Waals surface area contributed by atoms with Crippen LogP contribution in [-0.2, 0) is 10.8 Å². The van der Waals surface area contributed by atoms with E-state index in [-0.39, 0.29) is 16.2 Å². The summed E-state index contributed by atoms with van der Waals surface area (Å²) in [6.07, 6.45) is 23.1. The van der Waals surface area contributed by atoms with Crippen LogP contribution in [0, 0.1) is 12.3 Å². The second-order valence-electron chi connectivity index (χ2n) is 19.3. The van der Waals surface area contributed by atoms with Gasteiger partial charge in [0.1, 0.15) is 0 Å². The van der Waals surface area contributed by atoms with Crippen molar-refractivity contribution in [3.8, 4) is 11.1 Å². The van der Waals surface area contributed by atoms with E-state index in [4.69, 9.17) is 5.73 Å². The lowest BCUT2D eigenvalue weighted by atomic mass is 9.69. The molecule has 1 nitrogen and oxygen atoms in total. The van der Waals surface area contributed by atoms with Gasteiger partial charge < -0.3 is 5.73 Å². The number of rotatable bonds is 18. The van der Waals surface area contributed by atoms with Crippen molar-refractivity contribution in [1.29, 1.82) is 0 Å². The van der Waals surface area contributed by atoms with E-state index < -0.39 is 0 Å². The molecular formula is C54H79N. The maximum absolute atomic E-state index is 7.01. The van der Waals surface area contributed by atoms with Crippen molar-refractivity contribution in [2.75, 3.05) is 5.73 Å². The molecule has 1 aliphatic rings. The zero-order valence-corrected chi connectivity index (χ0v) is 37.7. The molecule has 0 fully saturated rings. The molecule has 0 heterocycles. The van der Waals surface area contributed by atoms with E-state index in [0.29, 0.717) is 5.92 Å². The summed E-state index contributed by atoms with van der Waals surface area (Å²) in [5, 5.41) is 0. The molecule has 300 valence electrons. The van der Waals surface area contributed by atoms with Crippen molar-refractivity contribution in [3.63, 3.8) is 0 Å². The van der Waals surface area contributed by atoms with Gasteiger partial charge in [-0.3, -0.25) is 0 Å². The number of anilines is 1. The molecule has 4 rings (SSSR count). The van der Waals surface area contributed by atoms with Gasteiger partial charge in [-0.05, 0) is 125 Å². The Bertz CT molecular complexity index is 1820. The van der Waals surface area contributed by atoms with Crippen LogP contribution in [0.1, 0.15) is 211 Å². The maximum Gasteiger partial charge on any atom is 0.0423 e. The average Bonchev–Trinajstić information content (AvgIpc) is 3.41. The van der Waals surface area contributed by atoms with Crippen LogP contribution in [0.15, 0.2) is 72.3 Å². The van der Waals surface area contributed by atoms with Crippen LogP contribution in [-0.4, -0.2) is 0 Å². The van der Waals surface area contributed by atoms with E-state index in [9.17, 15) is 0 Å². The summed E-state index contributed by atoms with van der Waals surface area (Å²) in [4.78, 5) is 0. The van der Waals surface area contributed by atoms with Gasteiger partial charge in [-0.15, -0.1) is 0 Å². The third-order valence-corrected chi connectivity index (χ3v) is 13.0. The summed E-state index contributed by atoms with van der Waals surface area (Å²) < 4.78 is 0. The average molecular weight is 742 g/mol. The Kier molecular flexibility index (Phi) is 15.5. The van der Waals surface area contributed by atoms with Gasteiger partial charge in [0.05, 0.1) is 0 Å². The number of nitrogens with two attached hydrogens (primary N) is 1. The lowest BCUT2D eigenvalue weighted by Crippen LogP contribution is -2.26. The molecule has 0 saturated carbocycles. The van der Waals surface area contributed by atoms with Crippen LogP contribution in [0.5, 0.6) is 0 Å². The summed E-state index contributed by atoms with van der Waals surface area (Å²) in [5.74, 6) is 0.422. The number of hydrogen-bond acceptors (Lipinski definition) is 1. The summed E-state index contributed by atoms with van der Waals surface area (Å²) in [7, 11) is 0. The highest BCUT2D eigenvalue weighted by Gasteiger charge is 2.43. The largest absolute Gasteiger partial charge is 0.398 e. The predicted molar refractivity (Wildman–Crippen MR) is 247 cm³/mol. The second kappa shape index (κ2) is 19.2. The van der Waals surface area contributed by atoms with Gasteiger partial charge in [0.25, 0.3) is 0 Å². The lowest BCUT2D eigenvalue weighted by Gasteiger charge is -2.34. The first-order chi connectivity index (χ1) is 26.0. The molecule has 0 aromatic heterocycles. The summed E-state index contributed by atoms with van der Waals surface area (Å²) in [5.41, 5.74) is 25.1. The molecule has 1 unspecified atom stereocenters. The monoisotopic (exact) mass is 742 g/mol. The quantitative estimate of drug-likeness (QED) is 0.0597. The van der Waals surface area contributed by atoms with E-state index in [2.05, 4.69) is 157 Å². The Morgan fingerprint density at radius 3 is 1.89 bits per heavy atom. The maximum atomic E-state index is 7.01. The second-order valence-corrected chi connectivity index (χ2v) is 19.3. The third kappa shape index (κ3) is 10.6. The van der Waals surface area contributed by atoms with Gasteiger partial charge in [-0.1, -0.05) is 193 Å². The first-order valence-electron chi connectivity index (χ1n) is 22.2. The third-order valence-electron chi connectivity index (χ3n) is 13.0. The van der Waals surface area contributed by atoms with Crippen LogP contribution < -0.4 is 5.73 Å². The summed E-state index contributed by atoms with van der Waals surface area (Å²) >= 11 is 0. The van der Waals surface area contributed by atoms with E-state index in [0.717, 1.165) is 24.9 Å². The highest BCUT2D eigenvalue weighted by Crippen LogP contribution is 2.55. The topological polar surface area (TPSA) is 26.0 Å². The first-order valence-corrected chi connectivity index (χ1v) is 22.2. The van der Waals surface area contributed by atoms with Gasteiger partial charge in [-0.2, -0.15) is 0 Å². The number of fused-ring (bicyclic) bond motifs is 3. The highest BCUT2D eigenvalue weighted by molar-refractivity contribution is 5.85. The Hall–Kier alpha value is -3.32. The van der Waals surface area contributed by atoms with Crippen molar-refractivity contribution >= 4 is 16.8 Å². The molecule has 2 N–H and O–H groups in total. The Balaban J connectivity index is 1.76. The van der Waals surface area contributed by atoms with Gasteiger partial charge >= 0.3 is 0 Å². The van der Waals surface area contributed by atoms with Crippen LogP contribution in [0.4, 0.5) is 5.69 Å². The minimum atomic E-state index is 0.0685. The molecule has 55 heavy (non-hydrogen) atoms. The molecule has 0 bridgehead atoms. The van der Waals surface area contributed by atoms with Gasteiger partial charge in [0, 0.05) is 16.7 Å². The summed E-state index contributed by atoms with van der Waals surface area (Å²) in [6, 6.07) is 19.5. The normalized spacial score (nSPS) is 15.3. The fraction of sp³-hybridized carbons (Fsp3) is 0.556. The van der Waals surface area contributed by atoms with E-state index in [1.54, 1.807) is 11.1 Å². The van der Waals surface area contributed by atoms with E-state index >= 15 is 0 Å². The lowest BCUT2D eigenvalue weighted by molar-refractivity contribution is 0.400. The van der Waals surface area contributed by atoms with Crippen LogP contribution >= 0.6 is 0 Å². The minimum absolute atomic E-state index is 0.0685. The van der Waals surface area contributed by atoms with Crippen molar-refractivity contribution in [2.24, 2.45) is 5.41 Å². The minimum Gasteiger partial charge on any atom is -0.398 e. The standard InChI is InChI=1S/C54H79N/c1-14-17-19-21-34-54(35-22-20-18-15-2)49-36-43(28-30-47(49)48-31-29-44(37-50(48)54)53(11,12)13)38(4)25-27-42(23-16-3)46-33-32-45(41(7)51(46)55)39(5)24-26-40(6)52(8,9)10/h25-33,36-37,39H,14-24,34-35,55H2,1-13H3/b38-25+,40-26+,42-27+. The van der Waals surface area contributed by atoms with E-state index in [1.807, 2.05) is 0 Å². The van der Waals surface area contributed by atoms with Crippen molar-refractivity contribution < 1.29 is 0 Å². The molecule has 0 aliphatic heterocycles. The number of nitrogen functional groups attached to an aromatic ring is 1. The van der Waals surface area contributed by atoms with Crippen LogP contribution in [0.2, 0.25) is 0 Å². The Morgan fingerprint density at radius 1 is 0.727 bits per heavy atom. The van der Waals surface area contributed by atoms with Crippen molar-refractivity contribution in [3.05, 3.63) is 111 Å². The van der Waals surface area contributed by atoms with Crippen molar-refractivity contribution in [2.45, 2.75) is 190 Å². The zero-order chi connectivity index (χ0) is 40.6. The molecule has 1 heteroatoms. The molecule has 3 aromatic rings. The Labute approximate surface area is 339 Å². The number of hydrogen-bond donors (Lipinski definition) is 1. The van der Waals surface area contributed by atoms with Crippen LogP contribution in [0.3, 0.4) is 0 Å². The fourth-order valence-electron chi connectivity index (χ4n) is 8.82. The molecule has 0 amide bonds. The summed E-state index contributed by atoms with van der Waals surface area (Å²) in [6.45, 7) is 30.0. The van der Waals surface area contributed by atoms with Crippen LogP contribution in [0.25, 0.3) is 22.3 Å². The number of benzene rings is 3. The van der Waals surface area contributed by atoms with Gasteiger partial charge in [0.15, 0.2) is 0 Å². The highest BCUT2D eigenvalue weighted by atomic mass is 14.6. The molecule has 0 spiro atoms. The Morgan fingerprint density at radius 2 is 1.33 bits per heavy atom. The molecule has 1 aliphatic carbocycles. The molecule has 0 radical (unpaired) electrons. The first kappa shape index (κ1) is 44.4. The predicted octanol–water partition coefficient (Wildman–Crippen LogP) is 16.9. The SMILES string of the molecule is CCCCCCC1(CCCCCC)c2cc(/C(C)=C/C=C(\CCC)c3ccc(C(C)C/C=C(\C)C(C)(C)C)c(C)c3N)ccc2-c2ccc(C(C)(C)C)cc21. The number of unbranched alkanes of at least 4 members (excludes halogenated alkanes) is 6.